The molecule has 1 saturated heterocycles. The third kappa shape index (κ3) is 3.05. The Kier molecular flexibility index (Phi) is 4.19. The van der Waals surface area contributed by atoms with Gasteiger partial charge in [-0.3, -0.25) is 4.79 Å². The zero-order valence-electron chi connectivity index (χ0n) is 17.9. The zero-order chi connectivity index (χ0) is 22.9. The molecule has 3 N–H and O–H groups in total. The number of halogens is 2. The summed E-state index contributed by atoms with van der Waals surface area (Å²) in [6.45, 7) is 2.15. The number of aromatic nitrogens is 3. The monoisotopic (exact) mass is 445 g/mol. The molecule has 2 aromatic heterocycles. The van der Waals surface area contributed by atoms with Crippen molar-refractivity contribution in [1.82, 2.24) is 19.9 Å². The summed E-state index contributed by atoms with van der Waals surface area (Å²) in [5, 5.41) is 0.339. The minimum Gasteiger partial charge on any atom is -0.382 e. The lowest BCUT2D eigenvalue weighted by atomic mass is 9.93. The van der Waals surface area contributed by atoms with Crippen molar-refractivity contribution >= 4 is 16.6 Å². The largest absolute Gasteiger partial charge is 0.382 e. The van der Waals surface area contributed by atoms with Crippen LogP contribution in [0.15, 0.2) is 53.5 Å². The van der Waals surface area contributed by atoms with Crippen LogP contribution in [0.25, 0.3) is 33.3 Å². The number of nitrogen functional groups attached to an aromatic ring is 1. The standard InChI is InChI=1S/C25H21F2N5O/c1-32-11-16-9-25(16,12-32)15-5-2-13(3-6-15)20-22(27)31-23(28)21(30-20)14-4-7-17-18(8-14)19(26)10-29-24(17)33/h2-8,10,16H,9,11-12H2,1H3,(H2,28,31)(H,29,33)/t16-,25+/m0/s1. The topological polar surface area (TPSA) is 87.9 Å². The molecule has 0 amide bonds. The van der Waals surface area contributed by atoms with Crippen molar-refractivity contribution in [3.63, 3.8) is 0 Å². The summed E-state index contributed by atoms with van der Waals surface area (Å²) in [5.41, 5.74) is 8.40. The molecule has 0 radical (unpaired) electrons. The van der Waals surface area contributed by atoms with Gasteiger partial charge in [-0.2, -0.15) is 9.37 Å². The van der Waals surface area contributed by atoms with Gasteiger partial charge in [0.05, 0.1) is 0 Å². The molecule has 6 rings (SSSR count). The van der Waals surface area contributed by atoms with Gasteiger partial charge in [0.25, 0.3) is 5.56 Å². The Bertz CT molecular complexity index is 1480. The van der Waals surface area contributed by atoms with E-state index in [2.05, 4.69) is 26.9 Å². The normalized spacial score (nSPS) is 22.0. The first-order valence-corrected chi connectivity index (χ1v) is 10.8. The van der Waals surface area contributed by atoms with Crippen LogP contribution in [0.2, 0.25) is 0 Å². The van der Waals surface area contributed by atoms with Crippen LogP contribution in [0.5, 0.6) is 0 Å². The number of piperidine rings is 1. The molecular weight excluding hydrogens is 424 g/mol. The second kappa shape index (κ2) is 6.92. The van der Waals surface area contributed by atoms with Crippen LogP contribution in [0.1, 0.15) is 12.0 Å². The number of anilines is 1. The first kappa shape index (κ1) is 20.0. The van der Waals surface area contributed by atoms with Crippen LogP contribution >= 0.6 is 0 Å². The maximum Gasteiger partial charge on any atom is 0.256 e. The molecule has 0 spiro atoms. The van der Waals surface area contributed by atoms with Gasteiger partial charge in [-0.1, -0.05) is 30.3 Å². The Morgan fingerprint density at radius 1 is 1.06 bits per heavy atom. The van der Waals surface area contributed by atoms with Crippen molar-refractivity contribution in [3.8, 4) is 22.5 Å². The van der Waals surface area contributed by atoms with Crippen molar-refractivity contribution in [2.24, 2.45) is 5.92 Å². The first-order chi connectivity index (χ1) is 15.9. The van der Waals surface area contributed by atoms with E-state index in [4.69, 9.17) is 5.73 Å². The van der Waals surface area contributed by atoms with E-state index in [9.17, 15) is 13.6 Å². The van der Waals surface area contributed by atoms with E-state index >= 15 is 0 Å². The number of hydrogen-bond acceptors (Lipinski definition) is 5. The molecule has 1 aliphatic carbocycles. The highest BCUT2D eigenvalue weighted by Crippen LogP contribution is 2.58. The van der Waals surface area contributed by atoms with Gasteiger partial charge in [-0.05, 0) is 37.1 Å². The molecule has 1 aliphatic heterocycles. The summed E-state index contributed by atoms with van der Waals surface area (Å²) in [6.07, 6.45) is 2.20. The molecule has 6 nitrogen and oxygen atoms in total. The minimum absolute atomic E-state index is 0.0746. The summed E-state index contributed by atoms with van der Waals surface area (Å²) in [5.74, 6) is -0.763. The number of fused-ring (bicyclic) bond motifs is 2. The fraction of sp³-hybridized carbons (Fsp3) is 0.240. The summed E-state index contributed by atoms with van der Waals surface area (Å²) in [7, 11) is 2.14. The number of rotatable bonds is 3. The number of hydrogen-bond donors (Lipinski definition) is 2. The minimum atomic E-state index is -0.768. The number of aromatic amines is 1. The van der Waals surface area contributed by atoms with Gasteiger partial charge in [0, 0.05) is 46.6 Å². The molecule has 1 saturated carbocycles. The lowest BCUT2D eigenvalue weighted by Gasteiger charge is -2.17. The Labute approximate surface area is 188 Å². The lowest BCUT2D eigenvalue weighted by Crippen LogP contribution is -2.22. The van der Waals surface area contributed by atoms with E-state index in [-0.39, 0.29) is 33.4 Å². The smallest absolute Gasteiger partial charge is 0.256 e. The summed E-state index contributed by atoms with van der Waals surface area (Å²) >= 11 is 0. The van der Waals surface area contributed by atoms with Crippen molar-refractivity contribution < 1.29 is 8.78 Å². The van der Waals surface area contributed by atoms with Crippen LogP contribution in [-0.2, 0) is 5.41 Å². The molecule has 2 aromatic carbocycles. The van der Waals surface area contributed by atoms with Crippen molar-refractivity contribution in [2.75, 3.05) is 25.9 Å². The van der Waals surface area contributed by atoms with E-state index < -0.39 is 17.3 Å². The maximum absolute atomic E-state index is 14.8. The highest BCUT2D eigenvalue weighted by molar-refractivity contribution is 5.88. The van der Waals surface area contributed by atoms with Crippen molar-refractivity contribution in [2.45, 2.75) is 11.8 Å². The lowest BCUT2D eigenvalue weighted by molar-refractivity contribution is 0.363. The van der Waals surface area contributed by atoms with Crippen molar-refractivity contribution in [3.05, 3.63) is 76.3 Å². The molecule has 0 bridgehead atoms. The molecule has 2 fully saturated rings. The molecule has 166 valence electrons. The number of likely N-dealkylation sites (N-methyl/N-ethyl adjacent to an activating group) is 1. The van der Waals surface area contributed by atoms with Crippen LogP contribution in [-0.4, -0.2) is 40.0 Å². The molecule has 3 heterocycles. The quantitative estimate of drug-likeness (QED) is 0.502. The van der Waals surface area contributed by atoms with Crippen molar-refractivity contribution in [1.29, 1.82) is 0 Å². The molecule has 2 atom stereocenters. The zero-order valence-corrected chi connectivity index (χ0v) is 17.9. The third-order valence-electron chi connectivity index (χ3n) is 7.05. The van der Waals surface area contributed by atoms with Gasteiger partial charge in [-0.15, -0.1) is 0 Å². The van der Waals surface area contributed by atoms with E-state index in [0.29, 0.717) is 17.0 Å². The average molecular weight is 445 g/mol. The van der Waals surface area contributed by atoms with Crippen LogP contribution < -0.4 is 11.3 Å². The number of nitrogens with two attached hydrogens (primary N) is 1. The van der Waals surface area contributed by atoms with Gasteiger partial charge in [0.2, 0.25) is 5.95 Å². The predicted octanol–water partition coefficient (Wildman–Crippen LogP) is 3.72. The van der Waals surface area contributed by atoms with E-state index in [0.717, 1.165) is 19.3 Å². The fourth-order valence-electron chi connectivity index (χ4n) is 5.34. The van der Waals surface area contributed by atoms with E-state index in [1.807, 2.05) is 24.3 Å². The highest BCUT2D eigenvalue weighted by atomic mass is 19.1. The van der Waals surface area contributed by atoms with Gasteiger partial charge in [0.15, 0.2) is 5.82 Å². The van der Waals surface area contributed by atoms with Crippen LogP contribution in [0.3, 0.4) is 0 Å². The van der Waals surface area contributed by atoms with E-state index in [1.165, 1.54) is 24.1 Å². The fourth-order valence-corrected chi connectivity index (χ4v) is 5.34. The second-order valence-electron chi connectivity index (χ2n) is 9.15. The average Bonchev–Trinajstić information content (AvgIpc) is 3.38. The summed E-state index contributed by atoms with van der Waals surface area (Å²) in [6, 6.07) is 12.4. The molecule has 33 heavy (non-hydrogen) atoms. The molecule has 2 aliphatic rings. The number of nitrogens with zero attached hydrogens (tertiary/aromatic N) is 3. The number of pyridine rings is 1. The van der Waals surface area contributed by atoms with E-state index in [1.54, 1.807) is 6.07 Å². The first-order valence-electron chi connectivity index (χ1n) is 10.8. The molecule has 8 heteroatoms. The van der Waals surface area contributed by atoms with Gasteiger partial charge >= 0.3 is 0 Å². The summed E-state index contributed by atoms with van der Waals surface area (Å²) < 4.78 is 29.1. The van der Waals surface area contributed by atoms with Crippen LogP contribution in [0.4, 0.5) is 14.6 Å². The SMILES string of the molecule is CN1C[C@@H]2C[C@]2(c2ccc(-c3nc(-c4ccc5c(=O)[nH]cc(F)c5c4)c(N)nc3F)cc2)C1. The Morgan fingerprint density at radius 2 is 1.82 bits per heavy atom. The third-order valence-corrected chi connectivity index (χ3v) is 7.05. The molecule has 4 aromatic rings. The molecular formula is C25H21F2N5O. The number of likely N-dealkylation sites (tertiary alicyclic amines) is 1. The number of H-pyrrole nitrogens is 1. The number of benzene rings is 2. The second-order valence-corrected chi connectivity index (χ2v) is 9.15. The molecule has 0 unspecified atom stereocenters. The predicted molar refractivity (Wildman–Crippen MR) is 123 cm³/mol. The Hall–Kier alpha value is -3.65. The number of nitrogens with one attached hydrogen (secondary N) is 1. The Balaban J connectivity index is 1.41. The van der Waals surface area contributed by atoms with Gasteiger partial charge < -0.3 is 15.6 Å². The maximum atomic E-state index is 14.8. The highest BCUT2D eigenvalue weighted by Gasteiger charge is 2.59. The van der Waals surface area contributed by atoms with Crippen LogP contribution in [0, 0.1) is 17.7 Å². The Morgan fingerprint density at radius 3 is 2.55 bits per heavy atom. The van der Waals surface area contributed by atoms with Gasteiger partial charge in [0.1, 0.15) is 17.2 Å². The summed E-state index contributed by atoms with van der Waals surface area (Å²) in [4.78, 5) is 25.0. The van der Waals surface area contributed by atoms with Gasteiger partial charge in [-0.25, -0.2) is 9.37 Å².